The molecule has 3 rings (SSSR count). The molecule has 2 N–H and O–H groups in total. The molecule has 0 unspecified atom stereocenters. The van der Waals surface area contributed by atoms with E-state index >= 15 is 0 Å². The van der Waals surface area contributed by atoms with Crippen LogP contribution in [0, 0.1) is 6.92 Å². The number of ether oxygens (including phenoxy) is 1. The molecule has 0 aliphatic rings. The summed E-state index contributed by atoms with van der Waals surface area (Å²) >= 11 is 13.0. The predicted octanol–water partition coefficient (Wildman–Crippen LogP) is 5.58. The van der Waals surface area contributed by atoms with E-state index in [1.165, 1.54) is 7.11 Å². The Balaban J connectivity index is 1.86. The standard InChI is InChI=1S/C22H18Cl2N2O4S/c1-12-18(22(29)30-2)21(26-17(27)11-13-7-9-14(23)10-8-13)31-19(12)20(28)25-16-6-4-3-5-15(16)24/h3-10H,11H2,1-2H3,(H,25,28)(H,26,27). The third kappa shape index (κ3) is 5.44. The Kier molecular flexibility index (Phi) is 7.33. The van der Waals surface area contributed by atoms with Gasteiger partial charge in [-0.3, -0.25) is 9.59 Å². The van der Waals surface area contributed by atoms with E-state index < -0.39 is 11.9 Å². The van der Waals surface area contributed by atoms with Crippen LogP contribution in [0.2, 0.25) is 10.0 Å². The molecule has 3 aromatic rings. The molecule has 160 valence electrons. The lowest BCUT2D eigenvalue weighted by Crippen LogP contribution is -2.16. The van der Waals surface area contributed by atoms with Crippen molar-refractivity contribution in [2.75, 3.05) is 17.7 Å². The van der Waals surface area contributed by atoms with Gasteiger partial charge in [0.1, 0.15) is 5.00 Å². The molecule has 0 aliphatic carbocycles. The summed E-state index contributed by atoms with van der Waals surface area (Å²) in [5, 5.41) is 6.64. The number of halogens is 2. The quantitative estimate of drug-likeness (QED) is 0.454. The Morgan fingerprint density at radius 3 is 2.32 bits per heavy atom. The highest BCUT2D eigenvalue weighted by Gasteiger charge is 2.26. The lowest BCUT2D eigenvalue weighted by atomic mass is 10.1. The molecule has 0 atom stereocenters. The molecule has 0 aliphatic heterocycles. The van der Waals surface area contributed by atoms with Crippen molar-refractivity contribution in [3.63, 3.8) is 0 Å². The van der Waals surface area contributed by atoms with Crippen molar-refractivity contribution in [1.82, 2.24) is 0 Å². The van der Waals surface area contributed by atoms with Crippen molar-refractivity contribution >= 4 is 63.0 Å². The van der Waals surface area contributed by atoms with Gasteiger partial charge >= 0.3 is 5.97 Å². The number of carbonyl (C=O) groups excluding carboxylic acids is 3. The number of esters is 1. The summed E-state index contributed by atoms with van der Waals surface area (Å²) in [7, 11) is 1.24. The summed E-state index contributed by atoms with van der Waals surface area (Å²) in [6, 6.07) is 13.7. The summed E-state index contributed by atoms with van der Waals surface area (Å²) in [6.45, 7) is 1.62. The number of benzene rings is 2. The van der Waals surface area contributed by atoms with Crippen LogP contribution in [-0.2, 0) is 16.0 Å². The fourth-order valence-electron chi connectivity index (χ4n) is 2.87. The minimum absolute atomic E-state index is 0.0792. The van der Waals surface area contributed by atoms with E-state index in [9.17, 15) is 14.4 Å². The van der Waals surface area contributed by atoms with Gasteiger partial charge < -0.3 is 15.4 Å². The number of para-hydroxylation sites is 1. The number of methoxy groups -OCH3 is 1. The monoisotopic (exact) mass is 476 g/mol. The van der Waals surface area contributed by atoms with Gasteiger partial charge in [0.2, 0.25) is 5.91 Å². The molecule has 0 spiro atoms. The Hall–Kier alpha value is -2.87. The number of carbonyl (C=O) groups is 3. The smallest absolute Gasteiger partial charge is 0.341 e. The van der Waals surface area contributed by atoms with Gasteiger partial charge in [-0.2, -0.15) is 0 Å². The second kappa shape index (κ2) is 9.96. The summed E-state index contributed by atoms with van der Waals surface area (Å²) in [6.07, 6.45) is 0.0792. The summed E-state index contributed by atoms with van der Waals surface area (Å²) in [5.41, 5.74) is 1.74. The first-order chi connectivity index (χ1) is 14.8. The Morgan fingerprint density at radius 1 is 1.00 bits per heavy atom. The van der Waals surface area contributed by atoms with E-state index in [1.807, 2.05) is 0 Å². The topological polar surface area (TPSA) is 84.5 Å². The highest BCUT2D eigenvalue weighted by molar-refractivity contribution is 7.19. The van der Waals surface area contributed by atoms with Crippen molar-refractivity contribution in [2.45, 2.75) is 13.3 Å². The molecular formula is C22H18Cl2N2O4S. The van der Waals surface area contributed by atoms with Gasteiger partial charge in [0.25, 0.3) is 5.91 Å². The van der Waals surface area contributed by atoms with Gasteiger partial charge in [-0.05, 0) is 42.3 Å². The van der Waals surface area contributed by atoms with Crippen LogP contribution in [-0.4, -0.2) is 24.9 Å². The third-order valence-corrected chi connectivity index (χ3v) is 6.18. The number of hydrogen-bond acceptors (Lipinski definition) is 5. The van der Waals surface area contributed by atoms with Crippen LogP contribution in [0.4, 0.5) is 10.7 Å². The predicted molar refractivity (Wildman–Crippen MR) is 124 cm³/mol. The average Bonchev–Trinajstić information content (AvgIpc) is 3.06. The Morgan fingerprint density at radius 2 is 1.68 bits per heavy atom. The number of nitrogens with one attached hydrogen (secondary N) is 2. The van der Waals surface area contributed by atoms with Crippen LogP contribution in [0.3, 0.4) is 0 Å². The fraction of sp³-hybridized carbons (Fsp3) is 0.136. The number of thiophene rings is 1. The van der Waals surface area contributed by atoms with Crippen LogP contribution in [0.15, 0.2) is 48.5 Å². The minimum Gasteiger partial charge on any atom is -0.465 e. The first-order valence-corrected chi connectivity index (χ1v) is 10.7. The first-order valence-electron chi connectivity index (χ1n) is 9.12. The Bertz CT molecular complexity index is 1140. The fourth-order valence-corrected chi connectivity index (χ4v) is 4.28. The molecule has 0 radical (unpaired) electrons. The van der Waals surface area contributed by atoms with Crippen LogP contribution < -0.4 is 10.6 Å². The zero-order valence-corrected chi connectivity index (χ0v) is 19.0. The van der Waals surface area contributed by atoms with Gasteiger partial charge in [-0.25, -0.2) is 4.79 Å². The molecule has 6 nitrogen and oxygen atoms in total. The molecule has 1 heterocycles. The minimum atomic E-state index is -0.646. The van der Waals surface area contributed by atoms with Crippen molar-refractivity contribution in [3.05, 3.63) is 80.1 Å². The van der Waals surface area contributed by atoms with Crippen molar-refractivity contribution in [2.24, 2.45) is 0 Å². The maximum absolute atomic E-state index is 12.8. The highest BCUT2D eigenvalue weighted by atomic mass is 35.5. The molecule has 9 heteroatoms. The van der Waals surface area contributed by atoms with Gasteiger partial charge in [-0.15, -0.1) is 11.3 Å². The molecular weight excluding hydrogens is 459 g/mol. The summed E-state index contributed by atoms with van der Waals surface area (Å²) < 4.78 is 4.85. The Labute approximate surface area is 193 Å². The van der Waals surface area contributed by atoms with Crippen LogP contribution in [0.5, 0.6) is 0 Å². The van der Waals surface area contributed by atoms with Crippen molar-refractivity contribution < 1.29 is 19.1 Å². The maximum Gasteiger partial charge on any atom is 0.341 e. The van der Waals surface area contributed by atoms with E-state index in [4.69, 9.17) is 27.9 Å². The van der Waals surface area contributed by atoms with Gasteiger partial charge in [0.15, 0.2) is 0 Å². The molecule has 31 heavy (non-hydrogen) atoms. The second-order valence-electron chi connectivity index (χ2n) is 6.54. The van der Waals surface area contributed by atoms with E-state index in [2.05, 4.69) is 10.6 Å². The zero-order valence-electron chi connectivity index (χ0n) is 16.6. The van der Waals surface area contributed by atoms with E-state index in [-0.39, 0.29) is 27.8 Å². The maximum atomic E-state index is 12.8. The molecule has 0 saturated carbocycles. The normalized spacial score (nSPS) is 10.5. The summed E-state index contributed by atoms with van der Waals surface area (Å²) in [4.78, 5) is 38.0. The molecule has 2 aromatic carbocycles. The van der Waals surface area contributed by atoms with E-state index in [0.29, 0.717) is 21.3 Å². The van der Waals surface area contributed by atoms with E-state index in [0.717, 1.165) is 16.9 Å². The molecule has 2 amide bonds. The second-order valence-corrected chi connectivity index (χ2v) is 8.40. The van der Waals surface area contributed by atoms with Crippen LogP contribution >= 0.6 is 34.5 Å². The molecule has 0 saturated heterocycles. The first kappa shape index (κ1) is 22.8. The van der Waals surface area contributed by atoms with E-state index in [1.54, 1.807) is 55.5 Å². The number of anilines is 2. The molecule has 0 fully saturated rings. The van der Waals surface area contributed by atoms with Gasteiger partial charge in [0, 0.05) is 5.02 Å². The molecule has 1 aromatic heterocycles. The third-order valence-electron chi connectivity index (χ3n) is 4.40. The lowest BCUT2D eigenvalue weighted by molar-refractivity contribution is -0.115. The van der Waals surface area contributed by atoms with Crippen molar-refractivity contribution in [3.8, 4) is 0 Å². The highest BCUT2D eigenvalue weighted by Crippen LogP contribution is 2.35. The van der Waals surface area contributed by atoms with Gasteiger partial charge in [0.05, 0.1) is 34.7 Å². The molecule has 0 bridgehead atoms. The lowest BCUT2D eigenvalue weighted by Gasteiger charge is -2.06. The van der Waals surface area contributed by atoms with Crippen LogP contribution in [0.25, 0.3) is 0 Å². The summed E-state index contributed by atoms with van der Waals surface area (Å²) in [5.74, 6) is -1.43. The zero-order chi connectivity index (χ0) is 22.5. The van der Waals surface area contributed by atoms with Crippen molar-refractivity contribution in [1.29, 1.82) is 0 Å². The van der Waals surface area contributed by atoms with Crippen LogP contribution in [0.1, 0.15) is 31.2 Å². The number of hydrogen-bond donors (Lipinski definition) is 2. The number of amides is 2. The SMILES string of the molecule is COC(=O)c1c(NC(=O)Cc2ccc(Cl)cc2)sc(C(=O)Nc2ccccc2Cl)c1C. The van der Waals surface area contributed by atoms with Gasteiger partial charge in [-0.1, -0.05) is 47.5 Å². The largest absolute Gasteiger partial charge is 0.465 e. The number of rotatable bonds is 6. The average molecular weight is 477 g/mol.